The molecule has 0 aliphatic heterocycles. The van der Waals surface area contributed by atoms with Crippen LogP contribution in [0, 0.1) is 6.43 Å². The molecule has 1 amide bonds. The molecule has 0 saturated carbocycles. The van der Waals surface area contributed by atoms with Gasteiger partial charge in [0.1, 0.15) is 0 Å². The first-order chi connectivity index (χ1) is 7.09. The lowest BCUT2D eigenvalue weighted by Gasteiger charge is -2.03. The largest absolute Gasteiger partial charge is 0.356 e. The van der Waals surface area contributed by atoms with Gasteiger partial charge in [-0.25, -0.2) is 0 Å². The normalized spacial score (nSPS) is 10.4. The highest BCUT2D eigenvalue weighted by Crippen LogP contribution is 2.17. The van der Waals surface area contributed by atoms with Gasteiger partial charge < -0.3 is 5.32 Å². The molecule has 2 nitrogen and oxygen atoms in total. The quantitative estimate of drug-likeness (QED) is 0.814. The molecule has 15 heavy (non-hydrogen) atoms. The van der Waals surface area contributed by atoms with Crippen LogP contribution in [0.4, 0.5) is 8.78 Å². The third-order valence-corrected chi connectivity index (χ3v) is 1.96. The molecule has 1 aromatic rings. The molecule has 0 unspecified atom stereocenters. The maximum atomic E-state index is 12.1. The molecule has 1 aromatic carbocycles. The van der Waals surface area contributed by atoms with Crippen molar-refractivity contribution >= 4 is 5.91 Å². The van der Waals surface area contributed by atoms with E-state index in [-0.39, 0.29) is 11.5 Å². The first-order valence-corrected chi connectivity index (χ1v) is 4.61. The highest BCUT2D eigenvalue weighted by molar-refractivity contribution is 5.72. The molecule has 81 valence electrons. The van der Waals surface area contributed by atoms with E-state index in [9.17, 15) is 13.6 Å². The number of amides is 1. The van der Waals surface area contributed by atoms with Gasteiger partial charge in [0, 0.05) is 19.0 Å². The maximum absolute atomic E-state index is 12.1. The van der Waals surface area contributed by atoms with E-state index in [1.165, 1.54) is 19.1 Å². The lowest BCUT2D eigenvalue weighted by atomic mass is 10.1. The first kappa shape index (κ1) is 11.6. The van der Waals surface area contributed by atoms with Gasteiger partial charge >= 0.3 is 6.43 Å². The molecule has 4 heteroatoms. The fourth-order valence-corrected chi connectivity index (χ4v) is 1.18. The van der Waals surface area contributed by atoms with E-state index in [0.717, 1.165) is 5.56 Å². The first-order valence-electron chi connectivity index (χ1n) is 4.61. The number of halogens is 2. The van der Waals surface area contributed by atoms with Gasteiger partial charge in [0.25, 0.3) is 0 Å². The van der Waals surface area contributed by atoms with Crippen molar-refractivity contribution in [2.75, 3.05) is 6.54 Å². The number of hydrogen-bond donors (Lipinski definition) is 1. The van der Waals surface area contributed by atoms with Gasteiger partial charge in [0.2, 0.25) is 5.91 Å². The molecule has 0 saturated heterocycles. The summed E-state index contributed by atoms with van der Waals surface area (Å²) in [5, 5.41) is 2.64. The number of benzene rings is 1. The second-order valence-electron chi connectivity index (χ2n) is 3.19. The van der Waals surface area contributed by atoms with Crippen molar-refractivity contribution in [3.05, 3.63) is 41.8 Å². The Morgan fingerprint density at radius 2 is 1.87 bits per heavy atom. The van der Waals surface area contributed by atoms with Crippen LogP contribution in [-0.4, -0.2) is 12.5 Å². The van der Waals surface area contributed by atoms with Crippen molar-refractivity contribution in [2.45, 2.75) is 13.3 Å². The van der Waals surface area contributed by atoms with E-state index >= 15 is 0 Å². The molecule has 0 fully saturated rings. The third-order valence-electron chi connectivity index (χ3n) is 1.96. The minimum absolute atomic E-state index is 0.0572. The van der Waals surface area contributed by atoms with Crippen LogP contribution in [0.15, 0.2) is 24.3 Å². The Hall–Kier alpha value is -1.45. The summed E-state index contributed by atoms with van der Waals surface area (Å²) < 4.78 is 24.2. The van der Waals surface area contributed by atoms with E-state index in [1.54, 1.807) is 12.1 Å². The number of nitrogens with one attached hydrogen (secondary N) is 1. The molecular formula is C11H12F2NO. The minimum Gasteiger partial charge on any atom is -0.356 e. The summed E-state index contributed by atoms with van der Waals surface area (Å²) in [6.07, 6.45) is -1.03. The monoisotopic (exact) mass is 212 g/mol. The van der Waals surface area contributed by atoms with Crippen molar-refractivity contribution in [1.82, 2.24) is 5.32 Å². The molecule has 0 aliphatic rings. The fraction of sp³-hybridized carbons (Fsp3) is 0.273. The van der Waals surface area contributed by atoms with Gasteiger partial charge in [-0.05, 0) is 12.0 Å². The summed E-state index contributed by atoms with van der Waals surface area (Å²) in [6, 6.07) is 6.02. The smallest absolute Gasteiger partial charge is 0.339 e. The van der Waals surface area contributed by atoms with Crippen LogP contribution in [0.2, 0.25) is 0 Å². The second kappa shape index (κ2) is 5.44. The van der Waals surface area contributed by atoms with Crippen LogP contribution in [-0.2, 0) is 11.2 Å². The predicted molar refractivity (Wildman–Crippen MR) is 53.4 cm³/mol. The zero-order chi connectivity index (χ0) is 11.3. The molecule has 0 spiro atoms. The molecule has 0 bridgehead atoms. The van der Waals surface area contributed by atoms with E-state index in [1.807, 2.05) is 0 Å². The van der Waals surface area contributed by atoms with E-state index in [4.69, 9.17) is 0 Å². The van der Waals surface area contributed by atoms with Crippen LogP contribution < -0.4 is 5.32 Å². The summed E-state index contributed by atoms with van der Waals surface area (Å²) in [7, 11) is 0. The summed E-state index contributed by atoms with van der Waals surface area (Å²) in [5.41, 5.74) is 0.868. The predicted octanol–water partition coefficient (Wildman–Crippen LogP) is 2.14. The molecule has 1 N–H and O–H groups in total. The van der Waals surface area contributed by atoms with E-state index in [0.29, 0.717) is 13.0 Å². The van der Waals surface area contributed by atoms with Crippen molar-refractivity contribution in [3.63, 3.8) is 0 Å². The van der Waals surface area contributed by atoms with E-state index in [2.05, 4.69) is 5.32 Å². The Kier molecular flexibility index (Phi) is 4.21. The highest BCUT2D eigenvalue weighted by Gasteiger charge is 2.08. The van der Waals surface area contributed by atoms with Gasteiger partial charge in [-0.15, -0.1) is 0 Å². The molecular weight excluding hydrogens is 200 g/mol. The highest BCUT2D eigenvalue weighted by atomic mass is 19.3. The molecule has 0 aromatic heterocycles. The Morgan fingerprint density at radius 3 is 2.33 bits per heavy atom. The molecule has 0 atom stereocenters. The topological polar surface area (TPSA) is 29.1 Å². The Bertz CT molecular complexity index is 322. The zero-order valence-electron chi connectivity index (χ0n) is 8.39. The van der Waals surface area contributed by atoms with E-state index < -0.39 is 6.43 Å². The molecule has 1 rings (SSSR count). The number of carbonyl (C=O) groups is 1. The molecule has 0 aliphatic carbocycles. The number of rotatable bonds is 4. The minimum atomic E-state index is -1.68. The van der Waals surface area contributed by atoms with Crippen LogP contribution in [0.1, 0.15) is 18.1 Å². The second-order valence-corrected chi connectivity index (χ2v) is 3.19. The molecule has 0 heterocycles. The van der Waals surface area contributed by atoms with Crippen LogP contribution in [0.5, 0.6) is 0 Å². The Balaban J connectivity index is 2.46. The average Bonchev–Trinajstić information content (AvgIpc) is 2.18. The van der Waals surface area contributed by atoms with Crippen molar-refractivity contribution in [1.29, 1.82) is 0 Å². The lowest BCUT2D eigenvalue weighted by Crippen LogP contribution is -2.22. The third kappa shape index (κ3) is 4.06. The number of hydrogen-bond acceptors (Lipinski definition) is 1. The zero-order valence-corrected chi connectivity index (χ0v) is 8.39. The van der Waals surface area contributed by atoms with Crippen LogP contribution in [0.3, 0.4) is 0 Å². The van der Waals surface area contributed by atoms with Gasteiger partial charge in [-0.1, -0.05) is 24.3 Å². The fourth-order valence-electron chi connectivity index (χ4n) is 1.18. The summed E-state index contributed by atoms with van der Waals surface area (Å²) in [4.78, 5) is 10.6. The summed E-state index contributed by atoms with van der Waals surface area (Å²) >= 11 is 0. The summed E-state index contributed by atoms with van der Waals surface area (Å²) in [5.74, 6) is -0.0882. The van der Waals surface area contributed by atoms with Crippen LogP contribution >= 0.6 is 0 Å². The Labute approximate surface area is 87.3 Å². The van der Waals surface area contributed by atoms with Gasteiger partial charge in [-0.3, -0.25) is 4.79 Å². The maximum Gasteiger partial charge on any atom is 0.339 e. The molecule has 1 radical (unpaired) electrons. The number of carbonyl (C=O) groups excluding carboxylic acids is 1. The van der Waals surface area contributed by atoms with Gasteiger partial charge in [0.15, 0.2) is 0 Å². The van der Waals surface area contributed by atoms with Gasteiger partial charge in [0.05, 0.1) is 0 Å². The standard InChI is InChI=1S/C11H12F2NO/c1-8(15)14-7-6-9-2-4-10(5-3-9)11(12)13/h2-5H,6-7H2,1H3,(H,14,15). The van der Waals surface area contributed by atoms with Crippen molar-refractivity contribution in [2.24, 2.45) is 0 Å². The van der Waals surface area contributed by atoms with Crippen LogP contribution in [0.25, 0.3) is 0 Å². The average molecular weight is 212 g/mol. The summed E-state index contributed by atoms with van der Waals surface area (Å²) in [6.45, 7) is 1.97. The van der Waals surface area contributed by atoms with Crippen molar-refractivity contribution in [3.8, 4) is 0 Å². The van der Waals surface area contributed by atoms with Gasteiger partial charge in [-0.2, -0.15) is 8.78 Å². The SMILES string of the molecule is CC(=O)NCCc1ccc([C](F)F)cc1. The lowest BCUT2D eigenvalue weighted by molar-refractivity contribution is -0.118. The van der Waals surface area contributed by atoms with Crippen molar-refractivity contribution < 1.29 is 13.6 Å². The Morgan fingerprint density at radius 1 is 1.27 bits per heavy atom.